The van der Waals surface area contributed by atoms with Gasteiger partial charge in [0.25, 0.3) is 10.0 Å². The number of sulfonamides is 1. The molecule has 0 aliphatic rings. The predicted octanol–water partition coefficient (Wildman–Crippen LogP) is 6.94. The Bertz CT molecular complexity index is 1460. The Labute approximate surface area is 222 Å². The Morgan fingerprint density at radius 3 is 1.89 bits per heavy atom. The predicted molar refractivity (Wildman–Crippen MR) is 157 cm³/mol. The summed E-state index contributed by atoms with van der Waals surface area (Å²) < 4.78 is 29.5. The number of aryl methyl sites for hydroxylation is 1. The van der Waals surface area contributed by atoms with Gasteiger partial charge in [0.2, 0.25) is 0 Å². The van der Waals surface area contributed by atoms with Crippen LogP contribution in [-0.4, -0.2) is 20.8 Å². The molecule has 4 aromatic carbocycles. The molecule has 0 fully saturated rings. The lowest BCUT2D eigenvalue weighted by Crippen LogP contribution is -2.44. The number of hydrogen-bond donors (Lipinski definition) is 0. The first kappa shape index (κ1) is 26.4. The molecule has 0 aromatic heterocycles. The van der Waals surface area contributed by atoms with Crippen molar-refractivity contribution >= 4 is 29.4 Å². The lowest BCUT2D eigenvalue weighted by molar-refractivity contribution is 0.494. The van der Waals surface area contributed by atoms with Gasteiger partial charge in [0.05, 0.1) is 11.4 Å². The summed E-state index contributed by atoms with van der Waals surface area (Å²) in [5, 5.41) is 2.26. The van der Waals surface area contributed by atoms with E-state index in [1.165, 1.54) is 9.49 Å². The lowest BCUT2D eigenvalue weighted by atomic mass is 10.2. The van der Waals surface area contributed by atoms with E-state index in [0.29, 0.717) is 0 Å². The van der Waals surface area contributed by atoms with Crippen molar-refractivity contribution in [1.29, 1.82) is 0 Å². The summed E-state index contributed by atoms with van der Waals surface area (Å²) in [5.41, 5.74) is 3.02. The number of hydrogen-bond acceptors (Lipinski definition) is 2. The van der Waals surface area contributed by atoms with Crippen molar-refractivity contribution in [1.82, 2.24) is 4.31 Å². The van der Waals surface area contributed by atoms with E-state index in [9.17, 15) is 8.42 Å². The third kappa shape index (κ3) is 6.56. The molecular formula is C32H33NO2SSi. The first-order chi connectivity index (χ1) is 17.8. The standard InChI is InChI=1S/C32H33NO2SSi/c1-27-19-22-30(23-20-27)36(34,35)33(25-29-15-9-5-10-16-29)26-32(24-21-28-13-7-4-8-14-28)37(2,3)31-17-11-6-12-18-31/h4-24,26H,25H2,1-3H3/b24-21+,32-26+. The van der Waals surface area contributed by atoms with Crippen LogP contribution in [0.1, 0.15) is 16.7 Å². The highest BCUT2D eigenvalue weighted by atomic mass is 32.2. The largest absolute Gasteiger partial charge is 0.269 e. The second-order valence-electron chi connectivity index (χ2n) is 9.67. The van der Waals surface area contributed by atoms with E-state index in [0.717, 1.165) is 21.9 Å². The lowest BCUT2D eigenvalue weighted by Gasteiger charge is -2.29. The number of rotatable bonds is 9. The molecule has 0 atom stereocenters. The smallest absolute Gasteiger partial charge is 0.264 e. The molecule has 0 aliphatic heterocycles. The molecule has 0 unspecified atom stereocenters. The molecule has 0 heterocycles. The topological polar surface area (TPSA) is 37.4 Å². The van der Waals surface area contributed by atoms with Crippen molar-refractivity contribution in [3.63, 3.8) is 0 Å². The average molecular weight is 524 g/mol. The highest BCUT2D eigenvalue weighted by Crippen LogP contribution is 2.25. The van der Waals surface area contributed by atoms with Crippen LogP contribution in [0.25, 0.3) is 6.08 Å². The van der Waals surface area contributed by atoms with Gasteiger partial charge in [-0.05, 0) is 35.4 Å². The Morgan fingerprint density at radius 2 is 1.30 bits per heavy atom. The molecule has 0 radical (unpaired) electrons. The van der Waals surface area contributed by atoms with Gasteiger partial charge < -0.3 is 0 Å². The molecular weight excluding hydrogens is 491 g/mol. The maximum absolute atomic E-state index is 14.0. The molecule has 188 valence electrons. The van der Waals surface area contributed by atoms with E-state index >= 15 is 0 Å². The number of nitrogens with zero attached hydrogens (tertiary/aromatic N) is 1. The summed E-state index contributed by atoms with van der Waals surface area (Å²) >= 11 is 0. The van der Waals surface area contributed by atoms with Crippen molar-refractivity contribution in [3.05, 3.63) is 149 Å². The molecule has 0 N–H and O–H groups in total. The van der Waals surface area contributed by atoms with Crippen LogP contribution in [0.2, 0.25) is 13.1 Å². The summed E-state index contributed by atoms with van der Waals surface area (Å²) in [4.78, 5) is 0.288. The normalized spacial score (nSPS) is 12.6. The van der Waals surface area contributed by atoms with Crippen LogP contribution in [0, 0.1) is 6.92 Å². The van der Waals surface area contributed by atoms with Gasteiger partial charge in [-0.15, -0.1) is 0 Å². The van der Waals surface area contributed by atoms with Crippen LogP contribution >= 0.6 is 0 Å². The number of allylic oxidation sites excluding steroid dienone is 2. The maximum atomic E-state index is 14.0. The highest BCUT2D eigenvalue weighted by molar-refractivity contribution is 7.89. The molecule has 3 nitrogen and oxygen atoms in total. The zero-order chi connectivity index (χ0) is 26.3. The molecule has 4 rings (SSSR count). The minimum atomic E-state index is -3.79. The fourth-order valence-corrected chi connectivity index (χ4v) is 7.90. The maximum Gasteiger partial charge on any atom is 0.264 e. The third-order valence-corrected chi connectivity index (χ3v) is 11.8. The van der Waals surface area contributed by atoms with Crippen LogP contribution in [0.3, 0.4) is 0 Å². The van der Waals surface area contributed by atoms with Gasteiger partial charge >= 0.3 is 0 Å². The fraction of sp³-hybridized carbons (Fsp3) is 0.125. The quantitative estimate of drug-likeness (QED) is 0.176. The first-order valence-corrected chi connectivity index (χ1v) is 16.8. The van der Waals surface area contributed by atoms with Crippen LogP contribution in [-0.2, 0) is 16.6 Å². The van der Waals surface area contributed by atoms with Crippen molar-refractivity contribution in [2.75, 3.05) is 0 Å². The molecule has 0 saturated carbocycles. The summed E-state index contributed by atoms with van der Waals surface area (Å²) in [6, 6.07) is 37.3. The van der Waals surface area contributed by atoms with E-state index in [1.807, 2.05) is 92.0 Å². The van der Waals surface area contributed by atoms with E-state index < -0.39 is 18.1 Å². The van der Waals surface area contributed by atoms with Crippen LogP contribution in [0.4, 0.5) is 0 Å². The fourth-order valence-electron chi connectivity index (χ4n) is 4.15. The highest BCUT2D eigenvalue weighted by Gasteiger charge is 2.30. The van der Waals surface area contributed by atoms with E-state index in [1.54, 1.807) is 12.1 Å². The molecule has 0 spiro atoms. The molecule has 4 aromatic rings. The Kier molecular flexibility index (Phi) is 8.26. The van der Waals surface area contributed by atoms with Crippen molar-refractivity contribution < 1.29 is 8.42 Å². The Morgan fingerprint density at radius 1 is 0.757 bits per heavy atom. The van der Waals surface area contributed by atoms with Gasteiger partial charge in [-0.25, -0.2) is 8.42 Å². The van der Waals surface area contributed by atoms with Gasteiger partial charge in [-0.3, -0.25) is 4.31 Å². The van der Waals surface area contributed by atoms with Gasteiger partial charge in [-0.2, -0.15) is 0 Å². The van der Waals surface area contributed by atoms with E-state index in [2.05, 4.69) is 49.5 Å². The van der Waals surface area contributed by atoms with Crippen LogP contribution in [0.15, 0.2) is 138 Å². The molecule has 37 heavy (non-hydrogen) atoms. The average Bonchev–Trinajstić information content (AvgIpc) is 2.92. The van der Waals surface area contributed by atoms with Crippen LogP contribution < -0.4 is 5.19 Å². The zero-order valence-electron chi connectivity index (χ0n) is 21.6. The Hall–Kier alpha value is -3.67. The minimum absolute atomic E-state index is 0.249. The zero-order valence-corrected chi connectivity index (χ0v) is 23.4. The third-order valence-electron chi connectivity index (χ3n) is 6.56. The van der Waals surface area contributed by atoms with E-state index in [4.69, 9.17) is 0 Å². The van der Waals surface area contributed by atoms with Gasteiger partial charge in [-0.1, -0.05) is 139 Å². The monoisotopic (exact) mass is 523 g/mol. The van der Waals surface area contributed by atoms with Gasteiger partial charge in [0.1, 0.15) is 8.07 Å². The van der Waals surface area contributed by atoms with E-state index in [-0.39, 0.29) is 11.4 Å². The van der Waals surface area contributed by atoms with Gasteiger partial charge in [0, 0.05) is 6.20 Å². The first-order valence-electron chi connectivity index (χ1n) is 12.4. The molecule has 5 heteroatoms. The summed E-state index contributed by atoms with van der Waals surface area (Å²) in [5.74, 6) is 0. The SMILES string of the molecule is Cc1ccc(S(=O)(=O)N(/C=C(\C=C\c2ccccc2)[Si](C)(C)c2ccccc2)Cc2ccccc2)cc1. The number of benzene rings is 4. The van der Waals surface area contributed by atoms with Crippen molar-refractivity contribution in [2.45, 2.75) is 31.5 Å². The second kappa shape index (κ2) is 11.6. The van der Waals surface area contributed by atoms with Gasteiger partial charge in [0.15, 0.2) is 0 Å². The minimum Gasteiger partial charge on any atom is -0.269 e. The molecule has 0 aliphatic carbocycles. The Balaban J connectivity index is 1.87. The molecule has 0 amide bonds. The van der Waals surface area contributed by atoms with Crippen molar-refractivity contribution in [3.8, 4) is 0 Å². The summed E-state index contributed by atoms with van der Waals surface area (Å²) in [7, 11) is -6.05. The van der Waals surface area contributed by atoms with Crippen LogP contribution in [0.5, 0.6) is 0 Å². The summed E-state index contributed by atoms with van der Waals surface area (Å²) in [6.07, 6.45) is 6.03. The molecule has 0 saturated heterocycles. The molecule has 0 bridgehead atoms. The summed E-state index contributed by atoms with van der Waals surface area (Å²) in [6.45, 7) is 6.74. The van der Waals surface area contributed by atoms with Crippen molar-refractivity contribution in [2.24, 2.45) is 0 Å². The second-order valence-corrected chi connectivity index (χ2v) is 16.0.